The molecule has 2 N–H and O–H groups in total. The third-order valence-corrected chi connectivity index (χ3v) is 2.54. The van der Waals surface area contributed by atoms with Gasteiger partial charge in [-0.2, -0.15) is 13.2 Å². The molecule has 0 spiro atoms. The van der Waals surface area contributed by atoms with Gasteiger partial charge in [0.25, 0.3) is 0 Å². The molecule has 0 atom stereocenters. The molecule has 0 bridgehead atoms. The van der Waals surface area contributed by atoms with E-state index < -0.39 is 22.8 Å². The highest BCUT2D eigenvalue weighted by Crippen LogP contribution is 2.37. The molecule has 1 heterocycles. The zero-order chi connectivity index (χ0) is 13.3. The van der Waals surface area contributed by atoms with Gasteiger partial charge in [-0.05, 0) is 0 Å². The molecule has 2 rings (SSSR count). The van der Waals surface area contributed by atoms with E-state index in [9.17, 15) is 13.2 Å². The van der Waals surface area contributed by atoms with Crippen molar-refractivity contribution >= 4 is 17.5 Å². The molecule has 0 saturated heterocycles. The number of nitrogens with two attached hydrogens (primary N) is 1. The van der Waals surface area contributed by atoms with Crippen LogP contribution in [0.5, 0.6) is 0 Å². The molecule has 0 aliphatic carbocycles. The second-order valence-electron chi connectivity index (χ2n) is 3.46. The molecule has 3 nitrogen and oxygen atoms in total. The zero-order valence-corrected chi connectivity index (χ0v) is 9.63. The topological polar surface area (TPSA) is 51.8 Å². The van der Waals surface area contributed by atoms with Gasteiger partial charge in [0.1, 0.15) is 0 Å². The largest absolute Gasteiger partial charge is 0.435 e. The van der Waals surface area contributed by atoms with E-state index >= 15 is 0 Å². The van der Waals surface area contributed by atoms with E-state index in [4.69, 9.17) is 17.3 Å². The molecule has 2 aromatic rings. The Hall–Kier alpha value is -1.82. The van der Waals surface area contributed by atoms with Crippen LogP contribution in [-0.4, -0.2) is 9.97 Å². The van der Waals surface area contributed by atoms with Gasteiger partial charge in [-0.3, -0.25) is 0 Å². The third-order valence-electron chi connectivity index (χ3n) is 2.18. The molecular formula is C11H7ClF3N3. The first-order valence-electron chi connectivity index (χ1n) is 4.85. The van der Waals surface area contributed by atoms with E-state index in [0.29, 0.717) is 5.56 Å². The average molecular weight is 274 g/mol. The summed E-state index contributed by atoms with van der Waals surface area (Å²) >= 11 is 5.70. The summed E-state index contributed by atoms with van der Waals surface area (Å²) in [5.74, 6) is -0.467. The lowest BCUT2D eigenvalue weighted by Gasteiger charge is -2.11. The maximum atomic E-state index is 12.7. The van der Waals surface area contributed by atoms with Crippen molar-refractivity contribution in [1.82, 2.24) is 9.97 Å². The van der Waals surface area contributed by atoms with Gasteiger partial charge >= 0.3 is 6.18 Å². The van der Waals surface area contributed by atoms with Gasteiger partial charge < -0.3 is 5.73 Å². The average Bonchev–Trinajstić information content (AvgIpc) is 2.31. The Morgan fingerprint density at radius 1 is 1.06 bits per heavy atom. The lowest BCUT2D eigenvalue weighted by Crippen LogP contribution is -2.12. The number of nitrogens with zero attached hydrogens (tertiary/aromatic N) is 2. The van der Waals surface area contributed by atoms with Gasteiger partial charge in [-0.1, -0.05) is 41.9 Å². The first-order chi connectivity index (χ1) is 8.39. The Labute approximate surface area is 105 Å². The second-order valence-corrected chi connectivity index (χ2v) is 3.83. The van der Waals surface area contributed by atoms with Gasteiger partial charge in [0.15, 0.2) is 5.69 Å². The third kappa shape index (κ3) is 2.38. The highest BCUT2D eigenvalue weighted by Gasteiger charge is 2.37. The predicted molar refractivity (Wildman–Crippen MR) is 61.9 cm³/mol. The van der Waals surface area contributed by atoms with E-state index in [-0.39, 0.29) is 5.69 Å². The van der Waals surface area contributed by atoms with E-state index in [2.05, 4.69) is 9.97 Å². The maximum Gasteiger partial charge on any atom is 0.435 e. The Bertz CT molecular complexity index is 570. The van der Waals surface area contributed by atoms with Crippen molar-refractivity contribution in [3.05, 3.63) is 41.0 Å². The van der Waals surface area contributed by atoms with E-state index in [1.807, 2.05) is 0 Å². The van der Waals surface area contributed by atoms with E-state index in [1.54, 1.807) is 30.3 Å². The van der Waals surface area contributed by atoms with Crippen LogP contribution in [0.3, 0.4) is 0 Å². The fraction of sp³-hybridized carbons (Fsp3) is 0.0909. The predicted octanol–water partition coefficient (Wildman–Crippen LogP) is 3.40. The molecule has 94 valence electrons. The Balaban J connectivity index is 2.67. The monoisotopic (exact) mass is 273 g/mol. The van der Waals surface area contributed by atoms with Gasteiger partial charge in [0.05, 0.1) is 10.7 Å². The van der Waals surface area contributed by atoms with Crippen LogP contribution in [-0.2, 0) is 6.18 Å². The fourth-order valence-electron chi connectivity index (χ4n) is 1.44. The molecule has 0 amide bonds. The Morgan fingerprint density at radius 2 is 1.67 bits per heavy atom. The Kier molecular flexibility index (Phi) is 3.13. The summed E-state index contributed by atoms with van der Waals surface area (Å²) in [6.07, 6.45) is -4.67. The molecule has 0 fully saturated rings. The van der Waals surface area contributed by atoms with Crippen molar-refractivity contribution in [2.45, 2.75) is 6.18 Å². The quantitative estimate of drug-likeness (QED) is 0.866. The highest BCUT2D eigenvalue weighted by molar-refractivity contribution is 6.33. The number of aromatic nitrogens is 2. The minimum atomic E-state index is -4.67. The number of benzene rings is 1. The van der Waals surface area contributed by atoms with E-state index in [1.165, 1.54) is 0 Å². The number of alkyl halides is 3. The van der Waals surface area contributed by atoms with Crippen LogP contribution in [0.25, 0.3) is 11.3 Å². The number of rotatable bonds is 1. The number of anilines is 1. The minimum Gasteiger partial charge on any atom is -0.368 e. The summed E-state index contributed by atoms with van der Waals surface area (Å²) in [4.78, 5) is 6.89. The Morgan fingerprint density at radius 3 is 2.22 bits per heavy atom. The smallest absolute Gasteiger partial charge is 0.368 e. The van der Waals surface area contributed by atoms with Gasteiger partial charge in [0, 0.05) is 5.56 Å². The van der Waals surface area contributed by atoms with Crippen LogP contribution >= 0.6 is 11.6 Å². The van der Waals surface area contributed by atoms with Crippen LogP contribution in [0.1, 0.15) is 5.69 Å². The summed E-state index contributed by atoms with van der Waals surface area (Å²) < 4.78 is 38.1. The van der Waals surface area contributed by atoms with Gasteiger partial charge in [-0.15, -0.1) is 0 Å². The minimum absolute atomic E-state index is 0.0305. The first kappa shape index (κ1) is 12.6. The van der Waals surface area contributed by atoms with Gasteiger partial charge in [0.2, 0.25) is 5.95 Å². The first-order valence-corrected chi connectivity index (χ1v) is 5.23. The molecule has 1 aromatic carbocycles. The summed E-state index contributed by atoms with van der Waals surface area (Å²) in [6.45, 7) is 0. The standard InChI is InChI=1S/C11H7ClF3N3/c12-7-8(6-4-2-1-3-5-6)17-10(16)18-9(7)11(13,14)15/h1-5H,(H2,16,17,18). The molecule has 0 unspecified atom stereocenters. The van der Waals surface area contributed by atoms with Crippen LogP contribution in [0.2, 0.25) is 5.02 Å². The SMILES string of the molecule is Nc1nc(-c2ccccc2)c(Cl)c(C(F)(F)F)n1. The lowest BCUT2D eigenvalue weighted by molar-refractivity contribution is -0.141. The number of halogens is 4. The highest BCUT2D eigenvalue weighted by atomic mass is 35.5. The van der Waals surface area contributed by atoms with Crippen molar-refractivity contribution in [3.8, 4) is 11.3 Å². The number of nitrogen functional groups attached to an aromatic ring is 1. The molecule has 0 aliphatic rings. The molecule has 1 aromatic heterocycles. The van der Waals surface area contributed by atoms with Gasteiger partial charge in [-0.25, -0.2) is 9.97 Å². The number of hydrogen-bond donors (Lipinski definition) is 1. The van der Waals surface area contributed by atoms with Crippen molar-refractivity contribution in [3.63, 3.8) is 0 Å². The molecule has 0 radical (unpaired) electrons. The van der Waals surface area contributed by atoms with Crippen LogP contribution < -0.4 is 5.73 Å². The fourth-order valence-corrected chi connectivity index (χ4v) is 1.74. The summed E-state index contributed by atoms with van der Waals surface area (Å²) in [7, 11) is 0. The molecule has 7 heteroatoms. The van der Waals surface area contributed by atoms with Crippen molar-refractivity contribution in [2.24, 2.45) is 0 Å². The summed E-state index contributed by atoms with van der Waals surface area (Å²) in [5.41, 5.74) is 4.47. The van der Waals surface area contributed by atoms with Crippen LogP contribution in [0.15, 0.2) is 30.3 Å². The number of hydrogen-bond acceptors (Lipinski definition) is 3. The zero-order valence-electron chi connectivity index (χ0n) is 8.87. The molecular weight excluding hydrogens is 267 g/mol. The van der Waals surface area contributed by atoms with Crippen molar-refractivity contribution in [1.29, 1.82) is 0 Å². The molecule has 18 heavy (non-hydrogen) atoms. The van der Waals surface area contributed by atoms with E-state index in [0.717, 1.165) is 0 Å². The van der Waals surface area contributed by atoms with Crippen molar-refractivity contribution < 1.29 is 13.2 Å². The van der Waals surface area contributed by atoms with Crippen molar-refractivity contribution in [2.75, 3.05) is 5.73 Å². The molecule has 0 saturated carbocycles. The van der Waals surface area contributed by atoms with Crippen LogP contribution in [0, 0.1) is 0 Å². The summed E-state index contributed by atoms with van der Waals surface area (Å²) in [5, 5.41) is -0.553. The van der Waals surface area contributed by atoms with Crippen LogP contribution in [0.4, 0.5) is 19.1 Å². The maximum absolute atomic E-state index is 12.7. The second kappa shape index (κ2) is 4.45. The molecule has 0 aliphatic heterocycles. The lowest BCUT2D eigenvalue weighted by atomic mass is 10.1. The normalized spacial score (nSPS) is 11.6. The summed E-state index contributed by atoms with van der Waals surface area (Å²) in [6, 6.07) is 8.24.